The Bertz CT molecular complexity index is 862. The highest BCUT2D eigenvalue weighted by Gasteiger charge is 2.13. The summed E-state index contributed by atoms with van der Waals surface area (Å²) in [4.78, 5) is 35.2. The Morgan fingerprint density at radius 2 is 1.73 bits per heavy atom. The molecule has 7 heteroatoms. The molecule has 0 radical (unpaired) electrons. The van der Waals surface area contributed by atoms with Gasteiger partial charge in [0.1, 0.15) is 5.75 Å². The van der Waals surface area contributed by atoms with Gasteiger partial charge in [-0.2, -0.15) is 0 Å². The number of imide groups is 1. The number of hydrogen-bond acceptors (Lipinski definition) is 4. The van der Waals surface area contributed by atoms with E-state index in [0.717, 1.165) is 16.7 Å². The van der Waals surface area contributed by atoms with Crippen molar-refractivity contribution in [1.82, 2.24) is 5.32 Å². The zero-order chi connectivity index (χ0) is 19.3. The SMILES string of the molecule is Cc1ccc(C(N)=O)c(OCC(=O)NC(=O)Nc2ccc(C)c(C)c2)c1. The molecule has 0 aliphatic rings. The number of urea groups is 1. The minimum atomic E-state index is -0.666. The molecular weight excluding hydrogens is 334 g/mol. The van der Waals surface area contributed by atoms with Crippen molar-refractivity contribution in [3.8, 4) is 5.75 Å². The van der Waals surface area contributed by atoms with Gasteiger partial charge in [0.05, 0.1) is 5.56 Å². The number of benzene rings is 2. The largest absolute Gasteiger partial charge is 0.483 e. The zero-order valence-corrected chi connectivity index (χ0v) is 14.9. The maximum atomic E-state index is 11.9. The van der Waals surface area contributed by atoms with Crippen molar-refractivity contribution in [3.05, 3.63) is 58.7 Å². The van der Waals surface area contributed by atoms with Gasteiger partial charge >= 0.3 is 6.03 Å². The second-order valence-electron chi connectivity index (χ2n) is 5.95. The van der Waals surface area contributed by atoms with Gasteiger partial charge in [0.15, 0.2) is 6.61 Å². The summed E-state index contributed by atoms with van der Waals surface area (Å²) >= 11 is 0. The van der Waals surface area contributed by atoms with E-state index in [0.29, 0.717) is 5.69 Å². The minimum absolute atomic E-state index is 0.169. The highest BCUT2D eigenvalue weighted by Crippen LogP contribution is 2.19. The van der Waals surface area contributed by atoms with Gasteiger partial charge in [-0.25, -0.2) is 4.79 Å². The summed E-state index contributed by atoms with van der Waals surface area (Å²) in [6.45, 7) is 5.28. The van der Waals surface area contributed by atoms with Gasteiger partial charge in [-0.3, -0.25) is 14.9 Å². The second kappa shape index (κ2) is 8.15. The zero-order valence-electron chi connectivity index (χ0n) is 14.9. The predicted molar refractivity (Wildman–Crippen MR) is 98.3 cm³/mol. The summed E-state index contributed by atoms with van der Waals surface area (Å²) in [5.74, 6) is -1.11. The van der Waals surface area contributed by atoms with Crippen LogP contribution >= 0.6 is 0 Å². The number of amides is 4. The minimum Gasteiger partial charge on any atom is -0.483 e. The van der Waals surface area contributed by atoms with Crippen LogP contribution in [0.1, 0.15) is 27.0 Å². The number of ether oxygens (including phenoxy) is 1. The van der Waals surface area contributed by atoms with Crippen molar-refractivity contribution in [2.75, 3.05) is 11.9 Å². The van der Waals surface area contributed by atoms with Crippen molar-refractivity contribution in [2.45, 2.75) is 20.8 Å². The normalized spacial score (nSPS) is 10.1. The maximum absolute atomic E-state index is 11.9. The van der Waals surface area contributed by atoms with E-state index in [1.165, 1.54) is 6.07 Å². The lowest BCUT2D eigenvalue weighted by molar-refractivity contribution is -0.121. The van der Waals surface area contributed by atoms with Gasteiger partial charge in [0.2, 0.25) is 0 Å². The molecule has 0 spiro atoms. The third kappa shape index (κ3) is 5.07. The van der Waals surface area contributed by atoms with Crippen molar-refractivity contribution < 1.29 is 19.1 Å². The first-order valence-electron chi connectivity index (χ1n) is 7.97. The summed E-state index contributed by atoms with van der Waals surface area (Å²) in [6, 6.07) is 9.60. The highest BCUT2D eigenvalue weighted by atomic mass is 16.5. The summed E-state index contributed by atoms with van der Waals surface area (Å²) in [5, 5.41) is 4.74. The van der Waals surface area contributed by atoms with Gasteiger partial charge in [0, 0.05) is 5.69 Å². The van der Waals surface area contributed by atoms with Crippen LogP contribution in [0.15, 0.2) is 36.4 Å². The summed E-state index contributed by atoms with van der Waals surface area (Å²) in [7, 11) is 0. The first kappa shape index (κ1) is 19.0. The molecule has 4 amide bonds. The molecule has 2 rings (SSSR count). The molecule has 0 aliphatic carbocycles. The average Bonchev–Trinajstić information content (AvgIpc) is 2.56. The van der Waals surface area contributed by atoms with Crippen LogP contribution in [0.2, 0.25) is 0 Å². The van der Waals surface area contributed by atoms with E-state index >= 15 is 0 Å². The van der Waals surface area contributed by atoms with Crippen molar-refractivity contribution in [2.24, 2.45) is 5.73 Å². The van der Waals surface area contributed by atoms with Gasteiger partial charge in [0.25, 0.3) is 11.8 Å². The van der Waals surface area contributed by atoms with E-state index in [-0.39, 0.29) is 11.3 Å². The van der Waals surface area contributed by atoms with Crippen LogP contribution in [0.4, 0.5) is 10.5 Å². The Hall–Kier alpha value is -3.35. The van der Waals surface area contributed by atoms with Crippen LogP contribution in [0.25, 0.3) is 0 Å². The molecule has 4 N–H and O–H groups in total. The van der Waals surface area contributed by atoms with Crippen LogP contribution in [0, 0.1) is 20.8 Å². The third-order valence-corrected chi connectivity index (χ3v) is 3.78. The molecule has 0 saturated heterocycles. The molecule has 0 atom stereocenters. The van der Waals surface area contributed by atoms with E-state index < -0.39 is 24.5 Å². The summed E-state index contributed by atoms with van der Waals surface area (Å²) in [5.41, 5.74) is 8.99. The van der Waals surface area contributed by atoms with Gasteiger partial charge in [-0.05, 0) is 61.7 Å². The third-order valence-electron chi connectivity index (χ3n) is 3.78. The highest BCUT2D eigenvalue weighted by molar-refractivity contribution is 6.01. The van der Waals surface area contributed by atoms with Crippen LogP contribution in [-0.2, 0) is 4.79 Å². The summed E-state index contributed by atoms with van der Waals surface area (Å²) in [6.07, 6.45) is 0. The number of rotatable bonds is 5. The molecule has 2 aromatic carbocycles. The molecule has 2 aromatic rings. The molecule has 0 aromatic heterocycles. The Morgan fingerprint density at radius 1 is 1.00 bits per heavy atom. The lowest BCUT2D eigenvalue weighted by Crippen LogP contribution is -2.37. The topological polar surface area (TPSA) is 111 Å². The molecule has 136 valence electrons. The number of anilines is 1. The monoisotopic (exact) mass is 355 g/mol. The number of nitrogens with one attached hydrogen (secondary N) is 2. The fourth-order valence-corrected chi connectivity index (χ4v) is 2.24. The molecule has 0 fully saturated rings. The van der Waals surface area contributed by atoms with Crippen LogP contribution < -0.4 is 21.1 Å². The average molecular weight is 355 g/mol. The van der Waals surface area contributed by atoms with Crippen molar-refractivity contribution >= 4 is 23.5 Å². The number of nitrogens with two attached hydrogens (primary N) is 1. The fourth-order valence-electron chi connectivity index (χ4n) is 2.24. The molecular formula is C19H21N3O4. The Balaban J connectivity index is 1.92. The molecule has 26 heavy (non-hydrogen) atoms. The lowest BCUT2D eigenvalue weighted by atomic mass is 10.1. The first-order valence-corrected chi connectivity index (χ1v) is 7.97. The van der Waals surface area contributed by atoms with Crippen molar-refractivity contribution in [3.63, 3.8) is 0 Å². The molecule has 0 saturated carbocycles. The number of hydrogen-bond donors (Lipinski definition) is 3. The standard InChI is InChI=1S/C19H21N3O4/c1-11-4-7-15(18(20)24)16(8-11)26-10-17(23)22-19(25)21-14-6-5-12(2)13(3)9-14/h4-9H,10H2,1-3H3,(H2,20,24)(H2,21,22,23,25). The fraction of sp³-hybridized carbons (Fsp3) is 0.211. The quantitative estimate of drug-likeness (QED) is 0.765. The van der Waals surface area contributed by atoms with Gasteiger partial charge < -0.3 is 15.8 Å². The van der Waals surface area contributed by atoms with Crippen LogP contribution in [0.3, 0.4) is 0 Å². The molecule has 0 bridgehead atoms. The smallest absolute Gasteiger partial charge is 0.325 e. The van der Waals surface area contributed by atoms with Gasteiger partial charge in [-0.15, -0.1) is 0 Å². The molecule has 0 unspecified atom stereocenters. The van der Waals surface area contributed by atoms with Crippen LogP contribution in [0.5, 0.6) is 5.75 Å². The maximum Gasteiger partial charge on any atom is 0.325 e. The molecule has 7 nitrogen and oxygen atoms in total. The van der Waals surface area contributed by atoms with E-state index in [1.807, 2.05) is 32.9 Å². The Labute approximate surface area is 151 Å². The number of primary amides is 1. The number of aryl methyl sites for hydroxylation is 3. The van der Waals surface area contributed by atoms with Crippen LogP contribution in [-0.4, -0.2) is 24.5 Å². The number of carbonyl (C=O) groups is 3. The van der Waals surface area contributed by atoms with Crippen molar-refractivity contribution in [1.29, 1.82) is 0 Å². The van der Waals surface area contributed by atoms with E-state index in [4.69, 9.17) is 10.5 Å². The van der Waals surface area contributed by atoms with E-state index in [2.05, 4.69) is 10.6 Å². The molecule has 0 aliphatic heterocycles. The number of carbonyl (C=O) groups excluding carboxylic acids is 3. The van der Waals surface area contributed by atoms with Gasteiger partial charge in [-0.1, -0.05) is 12.1 Å². The first-order chi connectivity index (χ1) is 12.3. The Morgan fingerprint density at radius 3 is 2.38 bits per heavy atom. The Kier molecular flexibility index (Phi) is 5.95. The van der Waals surface area contributed by atoms with E-state index in [1.54, 1.807) is 18.2 Å². The predicted octanol–water partition coefficient (Wildman–Crippen LogP) is 2.44. The lowest BCUT2D eigenvalue weighted by Gasteiger charge is -2.11. The molecule has 0 heterocycles. The summed E-state index contributed by atoms with van der Waals surface area (Å²) < 4.78 is 5.33. The second-order valence-corrected chi connectivity index (χ2v) is 5.95. The van der Waals surface area contributed by atoms with E-state index in [9.17, 15) is 14.4 Å².